The van der Waals surface area contributed by atoms with E-state index in [1.165, 1.54) is 0 Å². The third kappa shape index (κ3) is 3.51. The van der Waals surface area contributed by atoms with E-state index in [9.17, 15) is 9.59 Å². The molecule has 2 N–H and O–H groups in total. The number of Topliss-reactive ketones (excluding diaryl/α,β-unsaturated/α-hetero) is 1. The molecule has 5 rings (SSSR count). The standard InChI is InChI=1S/C26H26N4O2/c1-16-9-11-17(12-10-16)23-22-20(13-26(2,3)14-21(22)31)29-24-19(15-27-30(23)24)25(32)28-18-7-5-4-6-8-18/h4-12,15,23,29H,13-14H2,1-3H3,(H,28,32). The smallest absolute Gasteiger partial charge is 0.261 e. The first-order valence-corrected chi connectivity index (χ1v) is 10.9. The number of allylic oxidation sites excluding steroid dienone is 2. The van der Waals surface area contributed by atoms with Gasteiger partial charge in [-0.3, -0.25) is 9.59 Å². The second-order valence-corrected chi connectivity index (χ2v) is 9.44. The van der Waals surface area contributed by atoms with Crippen LogP contribution in [0, 0.1) is 12.3 Å². The number of hydrogen-bond acceptors (Lipinski definition) is 4. The first-order valence-electron chi connectivity index (χ1n) is 10.9. The average Bonchev–Trinajstić information content (AvgIpc) is 3.16. The van der Waals surface area contributed by atoms with Crippen molar-refractivity contribution in [1.82, 2.24) is 9.78 Å². The lowest BCUT2D eigenvalue weighted by atomic mass is 9.73. The Balaban J connectivity index is 1.60. The number of hydrogen-bond donors (Lipinski definition) is 2. The molecule has 0 bridgehead atoms. The number of nitrogens with one attached hydrogen (secondary N) is 2. The molecule has 0 fully saturated rings. The van der Waals surface area contributed by atoms with Gasteiger partial charge in [-0.2, -0.15) is 5.10 Å². The summed E-state index contributed by atoms with van der Waals surface area (Å²) in [5, 5.41) is 10.9. The molecule has 0 saturated carbocycles. The summed E-state index contributed by atoms with van der Waals surface area (Å²) in [4.78, 5) is 26.4. The Bertz CT molecular complexity index is 1240. The van der Waals surface area contributed by atoms with Crippen molar-refractivity contribution >= 4 is 23.2 Å². The molecule has 162 valence electrons. The van der Waals surface area contributed by atoms with E-state index in [2.05, 4.69) is 29.6 Å². The van der Waals surface area contributed by atoms with Crippen molar-refractivity contribution in [3.8, 4) is 0 Å². The van der Waals surface area contributed by atoms with Gasteiger partial charge < -0.3 is 10.6 Å². The quantitative estimate of drug-likeness (QED) is 0.611. The van der Waals surface area contributed by atoms with Crippen LogP contribution in [-0.4, -0.2) is 21.5 Å². The van der Waals surface area contributed by atoms with Crippen LogP contribution in [0.25, 0.3) is 0 Å². The van der Waals surface area contributed by atoms with Crippen molar-refractivity contribution < 1.29 is 9.59 Å². The number of aromatic nitrogens is 2. The highest BCUT2D eigenvalue weighted by molar-refractivity contribution is 6.08. The molecule has 2 aromatic carbocycles. The summed E-state index contributed by atoms with van der Waals surface area (Å²) in [6.45, 7) is 6.24. The van der Waals surface area contributed by atoms with Gasteiger partial charge >= 0.3 is 0 Å². The van der Waals surface area contributed by atoms with Crippen molar-refractivity contribution in [2.45, 2.75) is 39.7 Å². The maximum absolute atomic E-state index is 13.3. The number of carbonyl (C=O) groups is 2. The minimum absolute atomic E-state index is 0.130. The highest BCUT2D eigenvalue weighted by Gasteiger charge is 2.42. The van der Waals surface area contributed by atoms with Crippen molar-refractivity contribution in [2.24, 2.45) is 5.41 Å². The Morgan fingerprint density at radius 1 is 1.09 bits per heavy atom. The van der Waals surface area contributed by atoms with Crippen molar-refractivity contribution in [3.05, 3.63) is 88.8 Å². The highest BCUT2D eigenvalue weighted by Crippen LogP contribution is 2.46. The van der Waals surface area contributed by atoms with Crippen LogP contribution in [0.15, 0.2) is 72.1 Å². The zero-order valence-corrected chi connectivity index (χ0v) is 18.5. The maximum Gasteiger partial charge on any atom is 0.261 e. The molecule has 0 radical (unpaired) electrons. The van der Waals surface area contributed by atoms with Gasteiger partial charge in [0.05, 0.1) is 6.20 Å². The molecule has 0 saturated heterocycles. The molecular formula is C26H26N4O2. The highest BCUT2D eigenvalue weighted by atomic mass is 16.1. The molecule has 1 amide bonds. The molecular weight excluding hydrogens is 400 g/mol. The van der Waals surface area contributed by atoms with E-state index < -0.39 is 0 Å². The fraction of sp³-hybridized carbons (Fsp3) is 0.269. The lowest BCUT2D eigenvalue weighted by Gasteiger charge is -2.39. The largest absolute Gasteiger partial charge is 0.343 e. The van der Waals surface area contributed by atoms with Crippen LogP contribution in [-0.2, 0) is 4.79 Å². The zero-order chi connectivity index (χ0) is 22.5. The summed E-state index contributed by atoms with van der Waals surface area (Å²) in [5.41, 5.74) is 4.80. The second kappa shape index (κ2) is 7.48. The first kappa shape index (κ1) is 20.2. The molecule has 32 heavy (non-hydrogen) atoms. The van der Waals surface area contributed by atoms with Gasteiger partial charge in [0.2, 0.25) is 0 Å². The minimum Gasteiger partial charge on any atom is -0.343 e. The molecule has 0 spiro atoms. The summed E-state index contributed by atoms with van der Waals surface area (Å²) in [6.07, 6.45) is 2.81. The number of para-hydroxylation sites is 1. The monoisotopic (exact) mass is 426 g/mol. The van der Waals surface area contributed by atoms with E-state index in [4.69, 9.17) is 0 Å². The number of carbonyl (C=O) groups excluding carboxylic acids is 2. The topological polar surface area (TPSA) is 76.0 Å². The van der Waals surface area contributed by atoms with Crippen LogP contribution in [0.1, 0.15) is 54.2 Å². The Hall–Kier alpha value is -3.67. The second-order valence-electron chi connectivity index (χ2n) is 9.44. The van der Waals surface area contributed by atoms with E-state index in [1.807, 2.05) is 61.5 Å². The Labute approximate surface area is 187 Å². The van der Waals surface area contributed by atoms with Crippen LogP contribution in [0.2, 0.25) is 0 Å². The Morgan fingerprint density at radius 3 is 2.53 bits per heavy atom. The van der Waals surface area contributed by atoms with E-state index >= 15 is 0 Å². The molecule has 2 heterocycles. The van der Waals surface area contributed by atoms with Crippen LogP contribution in [0.5, 0.6) is 0 Å². The third-order valence-electron chi connectivity index (χ3n) is 6.17. The van der Waals surface area contributed by atoms with Crippen LogP contribution in [0.4, 0.5) is 11.5 Å². The van der Waals surface area contributed by atoms with Crippen LogP contribution in [0.3, 0.4) is 0 Å². The predicted octanol–water partition coefficient (Wildman–Crippen LogP) is 5.10. The molecule has 6 heteroatoms. The number of benzene rings is 2. The SMILES string of the molecule is Cc1ccc(C2C3=C(CC(C)(C)CC3=O)Nc3c(C(=O)Nc4ccccc4)cnn32)cc1. The normalized spacial score (nSPS) is 19.1. The summed E-state index contributed by atoms with van der Waals surface area (Å²) < 4.78 is 1.78. The molecule has 1 unspecified atom stereocenters. The number of fused-ring (bicyclic) bond motifs is 1. The number of amides is 1. The van der Waals surface area contributed by atoms with Gasteiger partial charge in [-0.15, -0.1) is 0 Å². The lowest BCUT2D eigenvalue weighted by molar-refractivity contribution is -0.118. The lowest BCUT2D eigenvalue weighted by Crippen LogP contribution is -2.37. The predicted molar refractivity (Wildman–Crippen MR) is 125 cm³/mol. The number of nitrogens with zero attached hydrogens (tertiary/aromatic N) is 2. The van der Waals surface area contributed by atoms with Crippen LogP contribution >= 0.6 is 0 Å². The third-order valence-corrected chi connectivity index (χ3v) is 6.17. The minimum atomic E-state index is -0.358. The van der Waals surface area contributed by atoms with Crippen molar-refractivity contribution in [1.29, 1.82) is 0 Å². The summed E-state index contributed by atoms with van der Waals surface area (Å²) in [7, 11) is 0. The molecule has 2 aliphatic rings. The van der Waals surface area contributed by atoms with Crippen LogP contribution < -0.4 is 10.6 Å². The summed E-state index contributed by atoms with van der Waals surface area (Å²) in [6, 6.07) is 17.2. The molecule has 1 aromatic heterocycles. The number of ketones is 1. The zero-order valence-electron chi connectivity index (χ0n) is 18.5. The number of anilines is 2. The van der Waals surface area contributed by atoms with Gasteiger partial charge in [0.1, 0.15) is 17.4 Å². The molecule has 1 aliphatic heterocycles. The molecule has 3 aromatic rings. The maximum atomic E-state index is 13.3. The van der Waals surface area contributed by atoms with Gasteiger partial charge in [-0.1, -0.05) is 61.9 Å². The van der Waals surface area contributed by atoms with Gasteiger partial charge in [-0.25, -0.2) is 4.68 Å². The fourth-order valence-corrected chi connectivity index (χ4v) is 4.65. The number of rotatable bonds is 3. The van der Waals surface area contributed by atoms with Gasteiger partial charge in [0, 0.05) is 23.4 Å². The van der Waals surface area contributed by atoms with E-state index in [-0.39, 0.29) is 23.1 Å². The van der Waals surface area contributed by atoms with E-state index in [0.29, 0.717) is 17.8 Å². The summed E-state index contributed by atoms with van der Waals surface area (Å²) >= 11 is 0. The van der Waals surface area contributed by atoms with Crippen molar-refractivity contribution in [3.63, 3.8) is 0 Å². The molecule has 1 aliphatic carbocycles. The number of aryl methyl sites for hydroxylation is 1. The van der Waals surface area contributed by atoms with Gasteiger partial charge in [0.25, 0.3) is 5.91 Å². The van der Waals surface area contributed by atoms with Crippen molar-refractivity contribution in [2.75, 3.05) is 10.6 Å². The Kier molecular flexibility index (Phi) is 4.73. The van der Waals surface area contributed by atoms with E-state index in [0.717, 1.165) is 34.5 Å². The van der Waals surface area contributed by atoms with Gasteiger partial charge in [-0.05, 0) is 36.5 Å². The first-order chi connectivity index (χ1) is 15.3. The van der Waals surface area contributed by atoms with Gasteiger partial charge in [0.15, 0.2) is 5.78 Å². The molecule has 6 nitrogen and oxygen atoms in total. The molecule has 1 atom stereocenters. The van der Waals surface area contributed by atoms with E-state index in [1.54, 1.807) is 10.9 Å². The fourth-order valence-electron chi connectivity index (χ4n) is 4.65. The summed E-state index contributed by atoms with van der Waals surface area (Å²) in [5.74, 6) is 0.511. The Morgan fingerprint density at radius 2 is 1.81 bits per heavy atom. The average molecular weight is 427 g/mol.